The molecule has 4 heteroatoms. The van der Waals surface area contributed by atoms with Crippen molar-refractivity contribution in [3.05, 3.63) is 0 Å². The lowest BCUT2D eigenvalue weighted by molar-refractivity contribution is -0.123. The summed E-state index contributed by atoms with van der Waals surface area (Å²) < 4.78 is 5.70. The lowest BCUT2D eigenvalue weighted by Gasteiger charge is -2.34. The summed E-state index contributed by atoms with van der Waals surface area (Å²) in [7, 11) is 0. The highest BCUT2D eigenvalue weighted by Crippen LogP contribution is 2.19. The molecule has 106 valence electrons. The maximum Gasteiger partial charge on any atom is 0.236 e. The SMILES string of the molecule is CC(C)CNC(=O)C(C)NC1CC(C)OC(C)C1. The van der Waals surface area contributed by atoms with E-state index >= 15 is 0 Å². The summed E-state index contributed by atoms with van der Waals surface area (Å²) in [5, 5.41) is 6.37. The smallest absolute Gasteiger partial charge is 0.236 e. The van der Waals surface area contributed by atoms with Crippen LogP contribution in [0, 0.1) is 5.92 Å². The van der Waals surface area contributed by atoms with Crippen molar-refractivity contribution >= 4 is 5.91 Å². The van der Waals surface area contributed by atoms with Crippen LogP contribution in [0.2, 0.25) is 0 Å². The number of nitrogens with one attached hydrogen (secondary N) is 2. The average molecular weight is 256 g/mol. The predicted molar refractivity (Wildman–Crippen MR) is 73.5 cm³/mol. The van der Waals surface area contributed by atoms with Gasteiger partial charge in [0, 0.05) is 12.6 Å². The van der Waals surface area contributed by atoms with Gasteiger partial charge in [-0.1, -0.05) is 13.8 Å². The van der Waals surface area contributed by atoms with E-state index in [9.17, 15) is 4.79 Å². The van der Waals surface area contributed by atoms with E-state index in [1.54, 1.807) is 0 Å². The summed E-state index contributed by atoms with van der Waals surface area (Å²) in [6.07, 6.45) is 2.51. The van der Waals surface area contributed by atoms with Crippen molar-refractivity contribution < 1.29 is 9.53 Å². The summed E-state index contributed by atoms with van der Waals surface area (Å²) in [6.45, 7) is 11.0. The van der Waals surface area contributed by atoms with Crippen LogP contribution in [0.4, 0.5) is 0 Å². The molecule has 4 nitrogen and oxygen atoms in total. The Morgan fingerprint density at radius 1 is 1.22 bits per heavy atom. The molecule has 1 fully saturated rings. The predicted octanol–water partition coefficient (Wildman–Crippen LogP) is 1.69. The summed E-state index contributed by atoms with van der Waals surface area (Å²) >= 11 is 0. The highest BCUT2D eigenvalue weighted by Gasteiger charge is 2.26. The van der Waals surface area contributed by atoms with Gasteiger partial charge in [-0.3, -0.25) is 4.79 Å². The second-order valence-corrected chi connectivity index (χ2v) is 5.95. The van der Waals surface area contributed by atoms with Crippen LogP contribution in [0.15, 0.2) is 0 Å². The normalized spacial score (nSPS) is 30.2. The van der Waals surface area contributed by atoms with E-state index in [2.05, 4.69) is 38.3 Å². The molecule has 2 N–H and O–H groups in total. The molecule has 0 aliphatic carbocycles. The number of hydrogen-bond acceptors (Lipinski definition) is 3. The van der Waals surface area contributed by atoms with E-state index in [0.29, 0.717) is 12.0 Å². The zero-order valence-electron chi connectivity index (χ0n) is 12.3. The van der Waals surface area contributed by atoms with Crippen LogP contribution in [-0.4, -0.2) is 36.7 Å². The average Bonchev–Trinajstić information content (AvgIpc) is 2.24. The highest BCUT2D eigenvalue weighted by atomic mass is 16.5. The number of amides is 1. The molecule has 1 amide bonds. The van der Waals surface area contributed by atoms with Gasteiger partial charge in [0.25, 0.3) is 0 Å². The monoisotopic (exact) mass is 256 g/mol. The molecule has 0 aromatic heterocycles. The highest BCUT2D eigenvalue weighted by molar-refractivity contribution is 5.81. The number of hydrogen-bond donors (Lipinski definition) is 2. The molecule has 0 spiro atoms. The lowest BCUT2D eigenvalue weighted by atomic mass is 9.99. The van der Waals surface area contributed by atoms with Crippen LogP contribution in [0.5, 0.6) is 0 Å². The lowest BCUT2D eigenvalue weighted by Crippen LogP contribution is -2.50. The standard InChI is InChI=1S/C14H28N2O2/c1-9(2)8-15-14(17)12(5)16-13-6-10(3)18-11(4)7-13/h9-13,16H,6-8H2,1-5H3,(H,15,17). The van der Waals surface area contributed by atoms with Crippen molar-refractivity contribution in [2.75, 3.05) is 6.54 Å². The van der Waals surface area contributed by atoms with Crippen LogP contribution in [-0.2, 0) is 9.53 Å². The van der Waals surface area contributed by atoms with Gasteiger partial charge in [0.2, 0.25) is 5.91 Å². The van der Waals surface area contributed by atoms with Gasteiger partial charge in [0.15, 0.2) is 0 Å². The molecule has 0 radical (unpaired) electrons. The van der Waals surface area contributed by atoms with Crippen molar-refractivity contribution in [2.24, 2.45) is 5.92 Å². The first-order valence-electron chi connectivity index (χ1n) is 7.07. The van der Waals surface area contributed by atoms with Crippen LogP contribution >= 0.6 is 0 Å². The van der Waals surface area contributed by atoms with Gasteiger partial charge >= 0.3 is 0 Å². The molecular formula is C14H28N2O2. The zero-order valence-corrected chi connectivity index (χ0v) is 12.3. The van der Waals surface area contributed by atoms with Gasteiger partial charge in [-0.05, 0) is 39.5 Å². The molecule has 1 saturated heterocycles. The maximum atomic E-state index is 11.9. The summed E-state index contributed by atoms with van der Waals surface area (Å²) in [6, 6.07) is 0.245. The van der Waals surface area contributed by atoms with E-state index in [4.69, 9.17) is 4.74 Å². The fourth-order valence-corrected chi connectivity index (χ4v) is 2.43. The van der Waals surface area contributed by atoms with Crippen LogP contribution < -0.4 is 10.6 Å². The first kappa shape index (κ1) is 15.4. The largest absolute Gasteiger partial charge is 0.375 e. The molecule has 1 aliphatic heterocycles. The van der Waals surface area contributed by atoms with Gasteiger partial charge in [-0.2, -0.15) is 0 Å². The van der Waals surface area contributed by atoms with Gasteiger partial charge in [0.05, 0.1) is 18.2 Å². The maximum absolute atomic E-state index is 11.9. The molecule has 3 atom stereocenters. The molecule has 1 heterocycles. The van der Waals surface area contributed by atoms with Crippen LogP contribution in [0.1, 0.15) is 47.5 Å². The molecular weight excluding hydrogens is 228 g/mol. The third-order valence-corrected chi connectivity index (χ3v) is 3.26. The first-order chi connectivity index (χ1) is 8.38. The third-order valence-electron chi connectivity index (χ3n) is 3.26. The van der Waals surface area contributed by atoms with E-state index in [-0.39, 0.29) is 24.2 Å². The van der Waals surface area contributed by atoms with Crippen LogP contribution in [0.25, 0.3) is 0 Å². The minimum absolute atomic E-state index is 0.0931. The van der Waals surface area contributed by atoms with Crippen molar-refractivity contribution in [1.82, 2.24) is 10.6 Å². The van der Waals surface area contributed by atoms with Gasteiger partial charge in [0.1, 0.15) is 0 Å². The summed E-state index contributed by atoms with van der Waals surface area (Å²) in [5.41, 5.74) is 0. The van der Waals surface area contributed by atoms with Gasteiger partial charge < -0.3 is 15.4 Å². The first-order valence-corrected chi connectivity index (χ1v) is 7.07. The van der Waals surface area contributed by atoms with Gasteiger partial charge in [-0.25, -0.2) is 0 Å². The second-order valence-electron chi connectivity index (χ2n) is 5.95. The molecule has 0 bridgehead atoms. The molecule has 0 aromatic carbocycles. The molecule has 3 unspecified atom stereocenters. The quantitative estimate of drug-likeness (QED) is 0.787. The van der Waals surface area contributed by atoms with Crippen LogP contribution in [0.3, 0.4) is 0 Å². The van der Waals surface area contributed by atoms with E-state index in [1.165, 1.54) is 0 Å². The number of ether oxygens (including phenoxy) is 1. The summed E-state index contributed by atoms with van der Waals surface area (Å²) in [4.78, 5) is 11.9. The topological polar surface area (TPSA) is 50.4 Å². The molecule has 1 rings (SSSR count). The van der Waals surface area contributed by atoms with Crippen molar-refractivity contribution in [2.45, 2.75) is 71.8 Å². The third kappa shape index (κ3) is 5.36. The van der Waals surface area contributed by atoms with E-state index in [1.807, 2.05) is 6.92 Å². The Morgan fingerprint density at radius 2 is 1.78 bits per heavy atom. The number of carbonyl (C=O) groups excluding carboxylic acids is 1. The Kier molecular flexibility index (Phi) is 6.09. The molecule has 0 saturated carbocycles. The Hall–Kier alpha value is -0.610. The van der Waals surface area contributed by atoms with E-state index in [0.717, 1.165) is 19.4 Å². The van der Waals surface area contributed by atoms with E-state index < -0.39 is 0 Å². The minimum Gasteiger partial charge on any atom is -0.375 e. The number of carbonyl (C=O) groups is 1. The second kappa shape index (κ2) is 7.10. The van der Waals surface area contributed by atoms with Crippen molar-refractivity contribution in [1.29, 1.82) is 0 Å². The Balaban J connectivity index is 2.34. The fourth-order valence-electron chi connectivity index (χ4n) is 2.43. The van der Waals surface area contributed by atoms with Gasteiger partial charge in [-0.15, -0.1) is 0 Å². The van der Waals surface area contributed by atoms with Crippen molar-refractivity contribution in [3.8, 4) is 0 Å². The molecule has 1 aliphatic rings. The Labute approximate surface area is 111 Å². The van der Waals surface area contributed by atoms with Crippen molar-refractivity contribution in [3.63, 3.8) is 0 Å². The zero-order chi connectivity index (χ0) is 13.7. The summed E-state index contributed by atoms with van der Waals surface area (Å²) in [5.74, 6) is 0.583. The fraction of sp³-hybridized carbons (Fsp3) is 0.929. The number of rotatable bonds is 5. The molecule has 18 heavy (non-hydrogen) atoms. The Morgan fingerprint density at radius 3 is 2.28 bits per heavy atom. The minimum atomic E-state index is -0.133. The Bertz CT molecular complexity index is 259. The molecule has 0 aromatic rings.